The average molecular weight is 262 g/mol. The third-order valence-corrected chi connectivity index (χ3v) is 3.21. The maximum Gasteiger partial charge on any atom is 0.227 e. The number of ether oxygens (including phenoxy) is 1. The molecule has 0 radical (unpaired) electrons. The van der Waals surface area contributed by atoms with E-state index in [-0.39, 0.29) is 11.8 Å². The summed E-state index contributed by atoms with van der Waals surface area (Å²) in [5.74, 6) is 0.862. The first-order chi connectivity index (χ1) is 9.19. The van der Waals surface area contributed by atoms with Gasteiger partial charge in [0.1, 0.15) is 0 Å². The van der Waals surface area contributed by atoms with Crippen LogP contribution in [0.3, 0.4) is 0 Å². The highest BCUT2D eigenvalue weighted by molar-refractivity contribution is 5.94. The lowest BCUT2D eigenvalue weighted by atomic mass is 10.2. The van der Waals surface area contributed by atoms with Gasteiger partial charge >= 0.3 is 0 Å². The standard InChI is InChI=1S/C15H22N2O2/c1-11(10-19-2)9-16-13-5-7-14(8-6-13)17-15(18)12-3-4-12/h5-8,11-12,16H,3-4,9-10H2,1-2H3,(H,17,18). The van der Waals surface area contributed by atoms with E-state index in [1.54, 1.807) is 7.11 Å². The van der Waals surface area contributed by atoms with Crippen LogP contribution in [0.1, 0.15) is 19.8 Å². The van der Waals surface area contributed by atoms with Crippen LogP contribution in [0.4, 0.5) is 11.4 Å². The van der Waals surface area contributed by atoms with Gasteiger partial charge in [-0.2, -0.15) is 0 Å². The molecule has 1 aromatic carbocycles. The Morgan fingerprint density at radius 1 is 1.32 bits per heavy atom. The van der Waals surface area contributed by atoms with Gasteiger partial charge in [-0.05, 0) is 43.0 Å². The summed E-state index contributed by atoms with van der Waals surface area (Å²) >= 11 is 0. The second kappa shape index (κ2) is 6.57. The lowest BCUT2D eigenvalue weighted by Crippen LogP contribution is -2.16. The largest absolute Gasteiger partial charge is 0.385 e. The molecule has 19 heavy (non-hydrogen) atoms. The Bertz CT molecular complexity index is 413. The average Bonchev–Trinajstić information content (AvgIpc) is 3.22. The number of hydrogen-bond acceptors (Lipinski definition) is 3. The molecule has 4 heteroatoms. The van der Waals surface area contributed by atoms with Crippen molar-refractivity contribution in [2.24, 2.45) is 11.8 Å². The Hall–Kier alpha value is -1.55. The van der Waals surface area contributed by atoms with Crippen LogP contribution in [-0.2, 0) is 9.53 Å². The smallest absolute Gasteiger partial charge is 0.227 e. The van der Waals surface area contributed by atoms with Crippen LogP contribution in [0.5, 0.6) is 0 Å². The number of rotatable bonds is 7. The van der Waals surface area contributed by atoms with Crippen LogP contribution in [0.25, 0.3) is 0 Å². The van der Waals surface area contributed by atoms with Crippen molar-refractivity contribution in [3.63, 3.8) is 0 Å². The zero-order chi connectivity index (χ0) is 13.7. The topological polar surface area (TPSA) is 50.4 Å². The number of carbonyl (C=O) groups is 1. The Kier molecular flexibility index (Phi) is 4.80. The fraction of sp³-hybridized carbons (Fsp3) is 0.533. The van der Waals surface area contributed by atoms with Crippen LogP contribution in [0, 0.1) is 11.8 Å². The van der Waals surface area contributed by atoms with Crippen molar-refractivity contribution in [1.29, 1.82) is 0 Å². The first-order valence-corrected chi connectivity index (χ1v) is 6.82. The second-order valence-electron chi connectivity index (χ2n) is 5.28. The molecule has 1 aromatic rings. The van der Waals surface area contributed by atoms with Crippen LogP contribution >= 0.6 is 0 Å². The molecular formula is C15H22N2O2. The van der Waals surface area contributed by atoms with Gasteiger partial charge in [-0.3, -0.25) is 4.79 Å². The van der Waals surface area contributed by atoms with Gasteiger partial charge in [0.25, 0.3) is 0 Å². The molecule has 1 atom stereocenters. The molecule has 1 aliphatic rings. The van der Waals surface area contributed by atoms with Gasteiger partial charge in [0.15, 0.2) is 0 Å². The lowest BCUT2D eigenvalue weighted by Gasteiger charge is -2.13. The van der Waals surface area contributed by atoms with Gasteiger partial charge in [-0.15, -0.1) is 0 Å². The van der Waals surface area contributed by atoms with Crippen LogP contribution in [-0.4, -0.2) is 26.2 Å². The molecule has 1 aliphatic carbocycles. The number of amides is 1. The summed E-state index contributed by atoms with van der Waals surface area (Å²) in [6.45, 7) is 3.77. The molecule has 1 amide bonds. The van der Waals surface area contributed by atoms with Crippen LogP contribution in [0.2, 0.25) is 0 Å². The highest BCUT2D eigenvalue weighted by Crippen LogP contribution is 2.30. The van der Waals surface area contributed by atoms with Gasteiger partial charge < -0.3 is 15.4 Å². The molecule has 2 rings (SSSR count). The minimum absolute atomic E-state index is 0.148. The van der Waals surface area contributed by atoms with Gasteiger partial charge in [0.05, 0.1) is 6.61 Å². The number of anilines is 2. The molecule has 0 bridgehead atoms. The minimum atomic E-state index is 0.148. The van der Waals surface area contributed by atoms with E-state index < -0.39 is 0 Å². The minimum Gasteiger partial charge on any atom is -0.385 e. The summed E-state index contributed by atoms with van der Waals surface area (Å²) in [7, 11) is 1.72. The number of nitrogens with one attached hydrogen (secondary N) is 2. The molecule has 4 nitrogen and oxygen atoms in total. The van der Waals surface area contributed by atoms with Gasteiger partial charge in [-0.1, -0.05) is 6.92 Å². The molecule has 0 spiro atoms. The summed E-state index contributed by atoms with van der Waals surface area (Å²) in [6.07, 6.45) is 2.06. The Morgan fingerprint density at radius 2 is 1.95 bits per heavy atom. The summed E-state index contributed by atoms with van der Waals surface area (Å²) in [5, 5.41) is 6.28. The Morgan fingerprint density at radius 3 is 2.53 bits per heavy atom. The van der Waals surface area contributed by atoms with E-state index >= 15 is 0 Å². The molecule has 2 N–H and O–H groups in total. The van der Waals surface area contributed by atoms with E-state index in [1.165, 1.54) is 0 Å². The maximum atomic E-state index is 11.6. The quantitative estimate of drug-likeness (QED) is 0.794. The van der Waals surface area contributed by atoms with E-state index in [0.717, 1.165) is 37.4 Å². The van der Waals surface area contributed by atoms with Crippen LogP contribution in [0.15, 0.2) is 24.3 Å². The summed E-state index contributed by atoms with van der Waals surface area (Å²) < 4.78 is 5.10. The monoisotopic (exact) mass is 262 g/mol. The normalized spacial score (nSPS) is 15.9. The molecule has 104 valence electrons. The third kappa shape index (κ3) is 4.56. The van der Waals surface area contributed by atoms with E-state index in [2.05, 4.69) is 17.6 Å². The molecule has 1 saturated carbocycles. The highest BCUT2D eigenvalue weighted by Gasteiger charge is 2.29. The van der Waals surface area contributed by atoms with Crippen molar-refractivity contribution in [3.05, 3.63) is 24.3 Å². The predicted molar refractivity (Wildman–Crippen MR) is 77.3 cm³/mol. The van der Waals surface area contributed by atoms with Gasteiger partial charge in [-0.25, -0.2) is 0 Å². The van der Waals surface area contributed by atoms with Crippen molar-refractivity contribution in [1.82, 2.24) is 0 Å². The Balaban J connectivity index is 1.78. The van der Waals surface area contributed by atoms with Gasteiger partial charge in [0.2, 0.25) is 5.91 Å². The second-order valence-corrected chi connectivity index (χ2v) is 5.28. The van der Waals surface area contributed by atoms with Crippen molar-refractivity contribution in [2.75, 3.05) is 30.9 Å². The molecule has 0 aromatic heterocycles. The lowest BCUT2D eigenvalue weighted by molar-refractivity contribution is -0.117. The first-order valence-electron chi connectivity index (χ1n) is 6.82. The fourth-order valence-corrected chi connectivity index (χ4v) is 1.90. The molecule has 0 saturated heterocycles. The van der Waals surface area contributed by atoms with E-state index in [4.69, 9.17) is 4.74 Å². The molecule has 1 unspecified atom stereocenters. The Labute approximate surface area is 114 Å². The SMILES string of the molecule is COCC(C)CNc1ccc(NC(=O)C2CC2)cc1. The predicted octanol–water partition coefficient (Wildman–Crippen LogP) is 2.73. The highest BCUT2D eigenvalue weighted by atomic mass is 16.5. The molecule has 1 fully saturated rings. The third-order valence-electron chi connectivity index (χ3n) is 3.21. The van der Waals surface area contributed by atoms with Crippen molar-refractivity contribution >= 4 is 17.3 Å². The number of benzene rings is 1. The molecule has 0 heterocycles. The zero-order valence-electron chi connectivity index (χ0n) is 11.6. The van der Waals surface area contributed by atoms with Crippen LogP contribution < -0.4 is 10.6 Å². The van der Waals surface area contributed by atoms with Crippen molar-refractivity contribution < 1.29 is 9.53 Å². The van der Waals surface area contributed by atoms with E-state index in [1.807, 2.05) is 24.3 Å². The maximum absolute atomic E-state index is 11.6. The molecule has 0 aliphatic heterocycles. The summed E-state index contributed by atoms with van der Waals surface area (Å²) in [6, 6.07) is 7.84. The zero-order valence-corrected chi connectivity index (χ0v) is 11.6. The number of hydrogen-bond donors (Lipinski definition) is 2. The van der Waals surface area contributed by atoms with E-state index in [9.17, 15) is 4.79 Å². The first kappa shape index (κ1) is 13.9. The van der Waals surface area contributed by atoms with Crippen molar-refractivity contribution in [3.8, 4) is 0 Å². The fourth-order valence-electron chi connectivity index (χ4n) is 1.90. The summed E-state index contributed by atoms with van der Waals surface area (Å²) in [5.41, 5.74) is 1.93. The van der Waals surface area contributed by atoms with Gasteiger partial charge in [0, 0.05) is 30.9 Å². The number of carbonyl (C=O) groups excluding carboxylic acids is 1. The van der Waals surface area contributed by atoms with E-state index in [0.29, 0.717) is 5.92 Å². The summed E-state index contributed by atoms with van der Waals surface area (Å²) in [4.78, 5) is 11.6. The number of methoxy groups -OCH3 is 1. The van der Waals surface area contributed by atoms with Crippen molar-refractivity contribution in [2.45, 2.75) is 19.8 Å². The molecular weight excluding hydrogens is 240 g/mol.